The van der Waals surface area contributed by atoms with E-state index in [1.54, 1.807) is 0 Å². The van der Waals surface area contributed by atoms with Gasteiger partial charge in [-0.05, 0) is 0 Å². The number of rotatable bonds is 6. The van der Waals surface area contributed by atoms with Crippen LogP contribution in [0.25, 0.3) is 0 Å². The lowest BCUT2D eigenvalue weighted by molar-refractivity contribution is -0.139. The Morgan fingerprint density at radius 1 is 1.57 bits per heavy atom. The number of carbonyl (C=O) groups excluding carboxylic acids is 1. The van der Waals surface area contributed by atoms with Gasteiger partial charge in [0.05, 0.1) is 12.9 Å². The number of hydrogen-bond acceptors (Lipinski definition) is 5. The zero-order valence-corrected chi connectivity index (χ0v) is 11.2. The maximum absolute atomic E-state index is 10.9. The standard InChI is InChI=1S/C7H13BrO4S2/c1-12-7(9)6(8)5-13-3-4-14(2,10)11/h6H,3-5H2,1-2H3. The highest BCUT2D eigenvalue weighted by atomic mass is 79.9. The Morgan fingerprint density at radius 3 is 2.57 bits per heavy atom. The van der Waals surface area contributed by atoms with Gasteiger partial charge in [-0.3, -0.25) is 4.79 Å². The summed E-state index contributed by atoms with van der Waals surface area (Å²) in [4.78, 5) is 10.5. The number of esters is 1. The summed E-state index contributed by atoms with van der Waals surface area (Å²) in [5.74, 6) is 0.815. The second-order valence-electron chi connectivity index (χ2n) is 2.70. The minimum atomic E-state index is -2.90. The molecule has 0 saturated heterocycles. The summed E-state index contributed by atoms with van der Waals surface area (Å²) in [5, 5.41) is 0. The van der Waals surface area contributed by atoms with E-state index in [1.807, 2.05) is 0 Å². The van der Waals surface area contributed by atoms with E-state index in [2.05, 4.69) is 20.7 Å². The normalized spacial score (nSPS) is 13.6. The van der Waals surface area contributed by atoms with Crippen molar-refractivity contribution < 1.29 is 17.9 Å². The van der Waals surface area contributed by atoms with E-state index in [9.17, 15) is 13.2 Å². The van der Waals surface area contributed by atoms with Gasteiger partial charge in [0, 0.05) is 17.8 Å². The monoisotopic (exact) mass is 304 g/mol. The van der Waals surface area contributed by atoms with Crippen molar-refractivity contribution in [1.82, 2.24) is 0 Å². The van der Waals surface area contributed by atoms with Crippen LogP contribution in [-0.2, 0) is 19.4 Å². The van der Waals surface area contributed by atoms with Crippen LogP contribution in [0.5, 0.6) is 0 Å². The quantitative estimate of drug-likeness (QED) is 0.411. The van der Waals surface area contributed by atoms with Crippen LogP contribution in [-0.4, -0.2) is 49.8 Å². The molecule has 0 amide bonds. The summed E-state index contributed by atoms with van der Waals surface area (Å²) in [6.07, 6.45) is 1.19. The van der Waals surface area contributed by atoms with Crippen molar-refractivity contribution in [2.45, 2.75) is 4.83 Å². The fourth-order valence-corrected chi connectivity index (χ4v) is 3.53. The first kappa shape index (κ1) is 14.2. The maximum Gasteiger partial charge on any atom is 0.320 e. The van der Waals surface area contributed by atoms with Gasteiger partial charge < -0.3 is 4.74 Å². The summed E-state index contributed by atoms with van der Waals surface area (Å²) in [5.41, 5.74) is 0. The first-order valence-electron chi connectivity index (χ1n) is 3.84. The molecule has 0 aromatic carbocycles. The predicted molar refractivity (Wildman–Crippen MR) is 61.8 cm³/mol. The summed E-state index contributed by atoms with van der Waals surface area (Å²) >= 11 is 4.54. The summed E-state index contributed by atoms with van der Waals surface area (Å²) < 4.78 is 26.0. The van der Waals surface area contributed by atoms with E-state index in [-0.39, 0.29) is 16.5 Å². The maximum atomic E-state index is 10.9. The molecule has 1 unspecified atom stereocenters. The van der Waals surface area contributed by atoms with Gasteiger partial charge in [-0.2, -0.15) is 11.8 Å². The van der Waals surface area contributed by atoms with Gasteiger partial charge in [-0.1, -0.05) is 15.9 Å². The van der Waals surface area contributed by atoms with Crippen LogP contribution in [0.3, 0.4) is 0 Å². The molecule has 4 nitrogen and oxygen atoms in total. The first-order chi connectivity index (χ1) is 6.37. The molecule has 0 spiro atoms. The number of alkyl halides is 1. The van der Waals surface area contributed by atoms with E-state index in [0.29, 0.717) is 11.5 Å². The lowest BCUT2D eigenvalue weighted by atomic mass is 10.5. The lowest BCUT2D eigenvalue weighted by Gasteiger charge is -2.06. The predicted octanol–water partition coefficient (Wildman–Crippen LogP) is 0.701. The number of methoxy groups -OCH3 is 1. The van der Waals surface area contributed by atoms with Gasteiger partial charge in [-0.15, -0.1) is 0 Å². The average molecular weight is 305 g/mol. The van der Waals surface area contributed by atoms with Crippen LogP contribution < -0.4 is 0 Å². The molecule has 0 aromatic heterocycles. The van der Waals surface area contributed by atoms with E-state index in [1.165, 1.54) is 25.1 Å². The Labute approximate surface area is 96.8 Å². The third-order valence-corrected chi connectivity index (χ3v) is 4.71. The smallest absolute Gasteiger partial charge is 0.320 e. The lowest BCUT2D eigenvalue weighted by Crippen LogP contribution is -2.18. The molecule has 84 valence electrons. The molecule has 0 aromatic rings. The van der Waals surface area contributed by atoms with Gasteiger partial charge in [0.2, 0.25) is 0 Å². The van der Waals surface area contributed by atoms with Crippen LogP contribution in [0.4, 0.5) is 0 Å². The highest BCUT2D eigenvalue weighted by Gasteiger charge is 2.14. The topological polar surface area (TPSA) is 60.4 Å². The Hall–Kier alpha value is 0.250. The second-order valence-corrected chi connectivity index (χ2v) is 7.21. The molecule has 1 atom stereocenters. The molecule has 0 aliphatic heterocycles. The van der Waals surface area contributed by atoms with Crippen molar-refractivity contribution in [3.8, 4) is 0 Å². The molecule has 7 heteroatoms. The first-order valence-corrected chi connectivity index (χ1v) is 7.97. The molecule has 14 heavy (non-hydrogen) atoms. The van der Waals surface area contributed by atoms with Crippen LogP contribution in [0.15, 0.2) is 0 Å². The molecule has 0 bridgehead atoms. The van der Waals surface area contributed by atoms with E-state index < -0.39 is 9.84 Å². The average Bonchev–Trinajstić information content (AvgIpc) is 2.09. The number of hydrogen-bond donors (Lipinski definition) is 0. The summed E-state index contributed by atoms with van der Waals surface area (Å²) in [6, 6.07) is 0. The van der Waals surface area contributed by atoms with Crippen molar-refractivity contribution in [2.24, 2.45) is 0 Å². The minimum absolute atomic E-state index is 0.137. The van der Waals surface area contributed by atoms with Gasteiger partial charge >= 0.3 is 5.97 Å². The largest absolute Gasteiger partial charge is 0.468 e. The summed E-state index contributed by atoms with van der Waals surface area (Å²) in [7, 11) is -1.58. The fraction of sp³-hybridized carbons (Fsp3) is 0.857. The Morgan fingerprint density at radius 2 is 2.14 bits per heavy atom. The highest BCUT2D eigenvalue weighted by Crippen LogP contribution is 2.11. The van der Waals surface area contributed by atoms with Crippen LogP contribution in [0.1, 0.15) is 0 Å². The third-order valence-electron chi connectivity index (χ3n) is 1.32. The van der Waals surface area contributed by atoms with E-state index >= 15 is 0 Å². The van der Waals surface area contributed by atoms with Gasteiger partial charge in [0.15, 0.2) is 0 Å². The molecule has 0 heterocycles. The minimum Gasteiger partial charge on any atom is -0.468 e. The second kappa shape index (κ2) is 6.68. The van der Waals surface area contributed by atoms with Crippen LogP contribution >= 0.6 is 27.7 Å². The molecule has 0 aliphatic rings. The number of halogens is 1. The highest BCUT2D eigenvalue weighted by molar-refractivity contribution is 9.10. The molecule has 0 fully saturated rings. The van der Waals surface area contributed by atoms with Gasteiger partial charge in [-0.25, -0.2) is 8.42 Å². The van der Waals surface area contributed by atoms with Crippen molar-refractivity contribution >= 4 is 43.5 Å². The molecule has 0 N–H and O–H groups in total. The molecule has 0 rings (SSSR count). The number of sulfone groups is 1. The zero-order chi connectivity index (χ0) is 11.2. The number of thioether (sulfide) groups is 1. The van der Waals surface area contributed by atoms with Gasteiger partial charge in [0.1, 0.15) is 14.7 Å². The van der Waals surface area contributed by atoms with Gasteiger partial charge in [0.25, 0.3) is 0 Å². The van der Waals surface area contributed by atoms with Crippen LogP contribution in [0, 0.1) is 0 Å². The van der Waals surface area contributed by atoms with Crippen molar-refractivity contribution in [2.75, 3.05) is 30.6 Å². The fourth-order valence-electron chi connectivity index (χ4n) is 0.593. The Kier molecular flexibility index (Phi) is 6.80. The Bertz CT molecular complexity index is 275. The molecule has 0 aliphatic carbocycles. The molecular formula is C7H13BrO4S2. The number of carbonyl (C=O) groups is 1. The molecule has 0 radical (unpaired) electrons. The van der Waals surface area contributed by atoms with Crippen LogP contribution in [0.2, 0.25) is 0 Å². The zero-order valence-electron chi connectivity index (χ0n) is 8.03. The summed E-state index contributed by atoms with van der Waals surface area (Å²) in [6.45, 7) is 0. The molecular weight excluding hydrogens is 292 g/mol. The Balaban J connectivity index is 3.60. The van der Waals surface area contributed by atoms with E-state index in [4.69, 9.17) is 0 Å². The SMILES string of the molecule is COC(=O)C(Br)CSCCS(C)(=O)=O. The van der Waals surface area contributed by atoms with Crippen molar-refractivity contribution in [1.29, 1.82) is 0 Å². The third kappa shape index (κ3) is 7.64. The van der Waals surface area contributed by atoms with E-state index in [0.717, 1.165) is 0 Å². The number of ether oxygens (including phenoxy) is 1. The van der Waals surface area contributed by atoms with Crippen molar-refractivity contribution in [3.05, 3.63) is 0 Å². The molecule has 0 saturated carbocycles. The van der Waals surface area contributed by atoms with Crippen molar-refractivity contribution in [3.63, 3.8) is 0 Å².